The summed E-state index contributed by atoms with van der Waals surface area (Å²) in [5, 5.41) is 20.6. The van der Waals surface area contributed by atoms with Gasteiger partial charge in [0.1, 0.15) is 11.8 Å². The first-order valence-electron chi connectivity index (χ1n) is 19.9. The second-order valence-corrected chi connectivity index (χ2v) is 16.2. The Morgan fingerprint density at radius 3 is 2.27 bits per heavy atom. The molecule has 298 valence electrons. The maximum absolute atomic E-state index is 13.1. The third-order valence-electron chi connectivity index (χ3n) is 11.1. The van der Waals surface area contributed by atoms with Gasteiger partial charge in [-0.15, -0.1) is 6.58 Å². The first kappa shape index (κ1) is 45.8. The minimum Gasteiger partial charge on any atom is -0.480 e. The van der Waals surface area contributed by atoms with Gasteiger partial charge in [0.2, 0.25) is 5.79 Å². The van der Waals surface area contributed by atoms with Gasteiger partial charge in [-0.1, -0.05) is 51.3 Å². The lowest BCUT2D eigenvalue weighted by molar-refractivity contribution is -0.287. The van der Waals surface area contributed by atoms with Crippen molar-refractivity contribution in [1.82, 2.24) is 4.90 Å². The molecule has 0 spiro atoms. The van der Waals surface area contributed by atoms with Crippen molar-refractivity contribution in [2.24, 2.45) is 23.7 Å². The zero-order chi connectivity index (χ0) is 39.0. The van der Waals surface area contributed by atoms with E-state index >= 15 is 0 Å². The van der Waals surface area contributed by atoms with Crippen LogP contribution in [0.5, 0.6) is 0 Å². The smallest absolute Gasteiger partial charge is 0.326 e. The summed E-state index contributed by atoms with van der Waals surface area (Å²) in [6, 6.07) is -1.06. The predicted octanol–water partition coefficient (Wildman–Crippen LogP) is 7.85. The molecule has 2 aliphatic heterocycles. The van der Waals surface area contributed by atoms with Gasteiger partial charge in [-0.3, -0.25) is 14.4 Å². The van der Waals surface area contributed by atoms with Gasteiger partial charge in [-0.2, -0.15) is 0 Å². The number of piperidine rings is 1. The number of Topliss-reactive ketones (excluding diaryl/α,β-unsaturated/α-hetero) is 2. The van der Waals surface area contributed by atoms with Crippen LogP contribution < -0.4 is 0 Å². The van der Waals surface area contributed by atoms with Crippen molar-refractivity contribution >= 4 is 23.4 Å². The summed E-state index contributed by atoms with van der Waals surface area (Å²) < 4.78 is 16.9. The fourth-order valence-corrected chi connectivity index (χ4v) is 8.19. The summed E-state index contributed by atoms with van der Waals surface area (Å²) in [6.45, 7) is 16.4. The Hall–Kier alpha value is -2.40. The van der Waals surface area contributed by atoms with Gasteiger partial charge >= 0.3 is 5.97 Å². The molecule has 3 rings (SSSR count). The third kappa shape index (κ3) is 14.4. The second kappa shape index (κ2) is 22.7. The molecule has 9 atom stereocenters. The number of hydrogen-bond donors (Lipinski definition) is 2. The molecular weight excluding hydrogens is 662 g/mol. The van der Waals surface area contributed by atoms with E-state index in [9.17, 15) is 29.4 Å². The number of carbonyl (C=O) groups is 4. The number of ether oxygens (including phenoxy) is 3. The molecule has 3 fully saturated rings. The summed E-state index contributed by atoms with van der Waals surface area (Å²) in [7, 11) is 3.40. The molecule has 3 aliphatic rings. The van der Waals surface area contributed by atoms with Crippen LogP contribution in [-0.2, 0) is 33.4 Å². The standard InChI is InChI=1S/C23H37NO7.C19H34O2/c1-14(2)12-15(3)9-10-18-19(30-5)13-16(4)23(29,31-18)20(25)21(26)24-11-7-6-8-17(24)22(27)28;1-5-7-18(20)11-10-15(2)12-16(3)13-17-8-6-9-19(14-17)21-4/h15-19,29H,1,6-13H2,2-5H3,(H,27,28);13,15,17,19H,5-12,14H2,1-4H3/b;16-13+/t15-,16-,17+,18-,19+,23-;15-,17+,19+/m11/s1. The minimum atomic E-state index is -2.30. The van der Waals surface area contributed by atoms with Crippen LogP contribution in [0.1, 0.15) is 144 Å². The molecule has 0 aromatic rings. The number of nitrogens with zero attached hydrogens (tertiary/aromatic N) is 1. The quantitative estimate of drug-likeness (QED) is 0.107. The molecule has 1 saturated carbocycles. The molecule has 0 aromatic carbocycles. The molecule has 2 saturated heterocycles. The molecule has 10 heteroatoms. The molecule has 0 unspecified atom stereocenters. The number of hydrogen-bond acceptors (Lipinski definition) is 8. The first-order chi connectivity index (χ1) is 24.6. The topological polar surface area (TPSA) is 140 Å². The number of amides is 1. The molecule has 0 bridgehead atoms. The van der Waals surface area contributed by atoms with Gasteiger partial charge in [0.15, 0.2) is 0 Å². The molecule has 10 nitrogen and oxygen atoms in total. The van der Waals surface area contributed by atoms with Crippen LogP contribution in [0.15, 0.2) is 23.8 Å². The van der Waals surface area contributed by atoms with E-state index in [0.29, 0.717) is 55.3 Å². The van der Waals surface area contributed by atoms with Crippen molar-refractivity contribution in [2.75, 3.05) is 20.8 Å². The largest absolute Gasteiger partial charge is 0.480 e. The van der Waals surface area contributed by atoms with Crippen LogP contribution in [0.3, 0.4) is 0 Å². The minimum absolute atomic E-state index is 0.175. The van der Waals surface area contributed by atoms with E-state index in [1.807, 2.05) is 14.0 Å². The Labute approximate surface area is 314 Å². The van der Waals surface area contributed by atoms with E-state index < -0.39 is 41.5 Å². The monoisotopic (exact) mass is 734 g/mol. The highest BCUT2D eigenvalue weighted by molar-refractivity contribution is 6.39. The van der Waals surface area contributed by atoms with Crippen LogP contribution in [-0.4, -0.2) is 89.5 Å². The Bertz CT molecular complexity index is 1200. The maximum Gasteiger partial charge on any atom is 0.326 e. The lowest BCUT2D eigenvalue weighted by Gasteiger charge is -2.45. The highest BCUT2D eigenvalue weighted by Crippen LogP contribution is 2.38. The number of ketones is 2. The van der Waals surface area contributed by atoms with Crippen molar-refractivity contribution in [3.8, 4) is 0 Å². The number of aliphatic carboxylic acids is 1. The fourth-order valence-electron chi connectivity index (χ4n) is 8.19. The highest BCUT2D eigenvalue weighted by atomic mass is 16.7. The van der Waals surface area contributed by atoms with E-state index in [4.69, 9.17) is 14.2 Å². The van der Waals surface area contributed by atoms with E-state index in [1.165, 1.54) is 31.3 Å². The third-order valence-corrected chi connectivity index (χ3v) is 11.1. The van der Waals surface area contributed by atoms with Crippen LogP contribution in [0.4, 0.5) is 0 Å². The van der Waals surface area contributed by atoms with E-state index in [-0.39, 0.29) is 19.1 Å². The van der Waals surface area contributed by atoms with Gasteiger partial charge in [-0.25, -0.2) is 4.79 Å². The van der Waals surface area contributed by atoms with Crippen molar-refractivity contribution < 1.29 is 43.6 Å². The number of rotatable bonds is 18. The molecule has 0 aromatic heterocycles. The summed E-state index contributed by atoms with van der Waals surface area (Å²) in [5.74, 6) is -4.11. The molecule has 0 radical (unpaired) electrons. The number of allylic oxidation sites excluding steroid dienone is 3. The van der Waals surface area contributed by atoms with Crippen LogP contribution in [0.25, 0.3) is 0 Å². The summed E-state index contributed by atoms with van der Waals surface area (Å²) in [4.78, 5) is 50.3. The summed E-state index contributed by atoms with van der Waals surface area (Å²) in [6.07, 6.45) is 15.9. The lowest BCUT2D eigenvalue weighted by Crippen LogP contribution is -2.62. The molecular formula is C42H71NO9. The normalized spacial score (nSPS) is 29.3. The molecule has 2 N–H and O–H groups in total. The van der Waals surface area contributed by atoms with Gasteiger partial charge in [-0.05, 0) is 115 Å². The summed E-state index contributed by atoms with van der Waals surface area (Å²) >= 11 is 0. The Morgan fingerprint density at radius 2 is 1.65 bits per heavy atom. The predicted molar refractivity (Wildman–Crippen MR) is 204 cm³/mol. The highest BCUT2D eigenvalue weighted by Gasteiger charge is 2.54. The van der Waals surface area contributed by atoms with Crippen molar-refractivity contribution in [3.63, 3.8) is 0 Å². The molecule has 52 heavy (non-hydrogen) atoms. The fraction of sp³-hybridized carbons (Fsp3) is 0.810. The van der Waals surface area contributed by atoms with Crippen LogP contribution in [0, 0.1) is 23.7 Å². The Morgan fingerprint density at radius 1 is 0.962 bits per heavy atom. The molecule has 1 aliphatic carbocycles. The zero-order valence-electron chi connectivity index (χ0n) is 33.6. The van der Waals surface area contributed by atoms with Crippen LogP contribution >= 0.6 is 0 Å². The van der Waals surface area contributed by atoms with Crippen molar-refractivity contribution in [3.05, 3.63) is 23.8 Å². The van der Waals surface area contributed by atoms with Gasteiger partial charge in [0, 0.05) is 39.5 Å². The first-order valence-corrected chi connectivity index (χ1v) is 19.9. The molecule has 1 amide bonds. The zero-order valence-corrected chi connectivity index (χ0v) is 33.6. The number of aliphatic hydroxyl groups is 1. The summed E-state index contributed by atoms with van der Waals surface area (Å²) in [5.41, 5.74) is 2.58. The Balaban J connectivity index is 0.000000389. The van der Waals surface area contributed by atoms with Crippen LogP contribution in [0.2, 0.25) is 0 Å². The maximum atomic E-state index is 13.1. The Kier molecular flexibility index (Phi) is 20.0. The average molecular weight is 734 g/mol. The second-order valence-electron chi connectivity index (χ2n) is 16.2. The lowest BCUT2D eigenvalue weighted by atomic mass is 9.83. The average Bonchev–Trinajstić information content (AvgIpc) is 3.10. The van der Waals surface area contributed by atoms with Gasteiger partial charge < -0.3 is 29.3 Å². The van der Waals surface area contributed by atoms with E-state index in [1.54, 1.807) is 14.0 Å². The number of carboxylic acids is 1. The number of carboxylic acid groups (broad SMARTS) is 1. The SMILES string of the molecule is C=C(C)C[C@H](C)CC[C@H]1O[C@@](O)(C(=O)C(=O)N2CCCC[C@H]2C(=O)O)[C@H](C)C[C@@H]1OC.CCCC(=O)CC[C@@H](C)C/C(C)=C/[C@@H]1CCC[C@H](OC)C1. The van der Waals surface area contributed by atoms with E-state index in [2.05, 4.69) is 40.3 Å². The van der Waals surface area contributed by atoms with Gasteiger partial charge in [0.25, 0.3) is 11.7 Å². The number of methoxy groups -OCH3 is 2. The molecule has 2 heterocycles. The number of likely N-dealkylation sites (tertiary alicyclic amines) is 1. The number of carbonyl (C=O) groups excluding carboxylic acids is 3. The van der Waals surface area contributed by atoms with Crippen molar-refractivity contribution in [2.45, 2.75) is 174 Å². The van der Waals surface area contributed by atoms with Crippen molar-refractivity contribution in [1.29, 1.82) is 0 Å². The van der Waals surface area contributed by atoms with E-state index in [0.717, 1.165) is 55.4 Å². The van der Waals surface area contributed by atoms with Gasteiger partial charge in [0.05, 0.1) is 18.3 Å².